The SMILES string of the molecule is CC(NC(=O)OC(C)(C)C)C(=O)Nc1cccnc1Cl. The number of aromatic nitrogens is 1. The van der Waals surface area contributed by atoms with Crippen LogP contribution in [0.4, 0.5) is 10.5 Å². The lowest BCUT2D eigenvalue weighted by Crippen LogP contribution is -2.44. The van der Waals surface area contributed by atoms with Crippen LogP contribution in [0.25, 0.3) is 0 Å². The molecule has 0 aromatic carbocycles. The molecule has 1 aromatic rings. The highest BCUT2D eigenvalue weighted by Gasteiger charge is 2.21. The number of hydrogen-bond acceptors (Lipinski definition) is 4. The second kappa shape index (κ2) is 6.56. The molecule has 20 heavy (non-hydrogen) atoms. The van der Waals surface area contributed by atoms with E-state index in [0.717, 1.165) is 0 Å². The normalized spacial score (nSPS) is 12.4. The third kappa shape index (κ3) is 5.44. The van der Waals surface area contributed by atoms with Crippen LogP contribution < -0.4 is 10.6 Å². The van der Waals surface area contributed by atoms with Gasteiger partial charge in [0.2, 0.25) is 5.91 Å². The van der Waals surface area contributed by atoms with Gasteiger partial charge in [-0.1, -0.05) is 11.6 Å². The topological polar surface area (TPSA) is 80.3 Å². The standard InChI is InChI=1S/C13H18ClN3O3/c1-8(16-12(19)20-13(2,3)4)11(18)17-9-6-5-7-15-10(9)14/h5-8H,1-4H3,(H,16,19)(H,17,18). The van der Waals surface area contributed by atoms with E-state index in [1.54, 1.807) is 39.8 Å². The average molecular weight is 300 g/mol. The first-order valence-electron chi connectivity index (χ1n) is 6.10. The number of alkyl carbamates (subject to hydrolysis) is 1. The highest BCUT2D eigenvalue weighted by molar-refractivity contribution is 6.32. The molecule has 110 valence electrons. The minimum atomic E-state index is -0.763. The van der Waals surface area contributed by atoms with Crippen molar-refractivity contribution in [2.75, 3.05) is 5.32 Å². The summed E-state index contributed by atoms with van der Waals surface area (Å²) in [6.07, 6.45) is 0.859. The van der Waals surface area contributed by atoms with E-state index in [1.807, 2.05) is 0 Å². The lowest BCUT2D eigenvalue weighted by atomic mass is 10.2. The quantitative estimate of drug-likeness (QED) is 0.841. The fraction of sp³-hybridized carbons (Fsp3) is 0.462. The fourth-order valence-electron chi connectivity index (χ4n) is 1.27. The Morgan fingerprint density at radius 1 is 1.40 bits per heavy atom. The summed E-state index contributed by atoms with van der Waals surface area (Å²) >= 11 is 5.83. The third-order valence-corrected chi connectivity index (χ3v) is 2.44. The summed E-state index contributed by atoms with van der Waals surface area (Å²) in [6, 6.07) is 2.50. The molecule has 2 N–H and O–H groups in total. The fourth-order valence-corrected chi connectivity index (χ4v) is 1.44. The first-order chi connectivity index (χ1) is 9.19. The number of nitrogens with one attached hydrogen (secondary N) is 2. The Bertz CT molecular complexity index is 500. The summed E-state index contributed by atoms with van der Waals surface area (Å²) in [7, 11) is 0. The number of ether oxygens (including phenoxy) is 1. The number of rotatable bonds is 3. The number of pyridine rings is 1. The van der Waals surface area contributed by atoms with Gasteiger partial charge in [0.05, 0.1) is 5.69 Å². The van der Waals surface area contributed by atoms with E-state index in [9.17, 15) is 9.59 Å². The first-order valence-corrected chi connectivity index (χ1v) is 6.48. The number of nitrogens with zero attached hydrogens (tertiary/aromatic N) is 1. The largest absolute Gasteiger partial charge is 0.444 e. The summed E-state index contributed by atoms with van der Waals surface area (Å²) in [5, 5.41) is 5.20. The van der Waals surface area contributed by atoms with E-state index >= 15 is 0 Å². The molecular formula is C13H18ClN3O3. The Hall–Kier alpha value is -1.82. The molecule has 1 atom stereocenters. The molecule has 0 fully saturated rings. The smallest absolute Gasteiger partial charge is 0.408 e. The van der Waals surface area contributed by atoms with Crippen molar-refractivity contribution >= 4 is 29.3 Å². The molecule has 0 aliphatic heterocycles. The van der Waals surface area contributed by atoms with E-state index in [-0.39, 0.29) is 5.15 Å². The zero-order valence-corrected chi connectivity index (χ0v) is 12.6. The predicted octanol–water partition coefficient (Wildman–Crippen LogP) is 2.59. The Labute approximate surface area is 122 Å². The number of carbonyl (C=O) groups excluding carboxylic acids is 2. The lowest BCUT2D eigenvalue weighted by molar-refractivity contribution is -0.117. The molecule has 0 spiro atoms. The van der Waals surface area contributed by atoms with Crippen LogP contribution in [0.1, 0.15) is 27.7 Å². The van der Waals surface area contributed by atoms with Crippen LogP contribution in [-0.4, -0.2) is 28.6 Å². The second-order valence-corrected chi connectivity index (χ2v) is 5.56. The molecule has 1 rings (SSSR count). The average Bonchev–Trinajstić information content (AvgIpc) is 2.29. The molecule has 0 saturated heterocycles. The van der Waals surface area contributed by atoms with E-state index in [0.29, 0.717) is 5.69 Å². The zero-order valence-electron chi connectivity index (χ0n) is 11.9. The number of halogens is 1. The third-order valence-electron chi connectivity index (χ3n) is 2.14. The van der Waals surface area contributed by atoms with Crippen molar-refractivity contribution in [3.8, 4) is 0 Å². The summed E-state index contributed by atoms with van der Waals surface area (Å²) in [5.41, 5.74) is -0.232. The first kappa shape index (κ1) is 16.2. The van der Waals surface area contributed by atoms with Gasteiger partial charge in [0.15, 0.2) is 5.15 Å². The van der Waals surface area contributed by atoms with Crippen molar-refractivity contribution in [3.63, 3.8) is 0 Å². The number of carbonyl (C=O) groups is 2. The maximum Gasteiger partial charge on any atom is 0.408 e. The summed E-state index contributed by atoms with van der Waals surface area (Å²) in [5.74, 6) is -0.411. The lowest BCUT2D eigenvalue weighted by Gasteiger charge is -2.21. The highest BCUT2D eigenvalue weighted by Crippen LogP contribution is 2.17. The van der Waals surface area contributed by atoms with Gasteiger partial charge in [-0.3, -0.25) is 4.79 Å². The van der Waals surface area contributed by atoms with Gasteiger partial charge >= 0.3 is 6.09 Å². The molecule has 0 aliphatic rings. The Morgan fingerprint density at radius 2 is 2.05 bits per heavy atom. The van der Waals surface area contributed by atoms with Crippen molar-refractivity contribution in [1.29, 1.82) is 0 Å². The van der Waals surface area contributed by atoms with Crippen LogP contribution in [0.3, 0.4) is 0 Å². The van der Waals surface area contributed by atoms with Crippen LogP contribution >= 0.6 is 11.6 Å². The summed E-state index contributed by atoms with van der Waals surface area (Å²) in [6.45, 7) is 6.77. The molecule has 1 unspecified atom stereocenters. The van der Waals surface area contributed by atoms with Crippen molar-refractivity contribution < 1.29 is 14.3 Å². The summed E-state index contributed by atoms with van der Waals surface area (Å²) < 4.78 is 5.06. The van der Waals surface area contributed by atoms with Gasteiger partial charge in [0.1, 0.15) is 11.6 Å². The van der Waals surface area contributed by atoms with Crippen molar-refractivity contribution in [3.05, 3.63) is 23.5 Å². The molecule has 0 radical (unpaired) electrons. The van der Waals surface area contributed by atoms with Crippen LogP contribution in [0.5, 0.6) is 0 Å². The van der Waals surface area contributed by atoms with Gasteiger partial charge in [0, 0.05) is 6.20 Å². The molecule has 0 bridgehead atoms. The van der Waals surface area contributed by atoms with Crippen molar-refractivity contribution in [1.82, 2.24) is 10.3 Å². The molecule has 0 saturated carbocycles. The molecule has 1 heterocycles. The second-order valence-electron chi connectivity index (χ2n) is 5.20. The number of anilines is 1. The van der Waals surface area contributed by atoms with Crippen LogP contribution in [0.2, 0.25) is 5.15 Å². The van der Waals surface area contributed by atoms with E-state index in [2.05, 4.69) is 15.6 Å². The van der Waals surface area contributed by atoms with Gasteiger partial charge in [-0.05, 0) is 39.8 Å². The van der Waals surface area contributed by atoms with Gasteiger partial charge in [0.25, 0.3) is 0 Å². The van der Waals surface area contributed by atoms with Crippen molar-refractivity contribution in [2.45, 2.75) is 39.3 Å². The van der Waals surface area contributed by atoms with Crippen molar-refractivity contribution in [2.24, 2.45) is 0 Å². The van der Waals surface area contributed by atoms with Crippen LogP contribution in [0.15, 0.2) is 18.3 Å². The summed E-state index contributed by atoms with van der Waals surface area (Å²) in [4.78, 5) is 27.3. The minimum Gasteiger partial charge on any atom is -0.444 e. The van der Waals surface area contributed by atoms with Crippen LogP contribution in [-0.2, 0) is 9.53 Å². The molecule has 1 aromatic heterocycles. The van der Waals surface area contributed by atoms with Gasteiger partial charge in [-0.25, -0.2) is 9.78 Å². The molecule has 6 nitrogen and oxygen atoms in total. The maximum atomic E-state index is 11.9. The van der Waals surface area contributed by atoms with Crippen LogP contribution in [0, 0.1) is 0 Å². The molecule has 0 aliphatic carbocycles. The van der Waals surface area contributed by atoms with E-state index < -0.39 is 23.6 Å². The number of amides is 2. The molecule has 2 amide bonds. The van der Waals surface area contributed by atoms with E-state index in [4.69, 9.17) is 16.3 Å². The van der Waals surface area contributed by atoms with Gasteiger partial charge in [-0.15, -0.1) is 0 Å². The predicted molar refractivity (Wildman–Crippen MR) is 76.7 cm³/mol. The van der Waals surface area contributed by atoms with E-state index in [1.165, 1.54) is 6.20 Å². The monoisotopic (exact) mass is 299 g/mol. The highest BCUT2D eigenvalue weighted by atomic mass is 35.5. The Balaban J connectivity index is 2.56. The zero-order chi connectivity index (χ0) is 15.3. The van der Waals surface area contributed by atoms with Gasteiger partial charge < -0.3 is 15.4 Å². The van der Waals surface area contributed by atoms with Gasteiger partial charge in [-0.2, -0.15) is 0 Å². The molecule has 7 heteroatoms. The Kier molecular flexibility index (Phi) is 5.33. The molecular weight excluding hydrogens is 282 g/mol. The Morgan fingerprint density at radius 3 is 2.60 bits per heavy atom. The maximum absolute atomic E-state index is 11.9. The number of hydrogen-bond donors (Lipinski definition) is 2. The minimum absolute atomic E-state index is 0.185.